The summed E-state index contributed by atoms with van der Waals surface area (Å²) < 4.78 is 1.94. The Morgan fingerprint density at radius 3 is 2.82 bits per heavy atom. The number of hydrogen-bond acceptors (Lipinski definition) is 9. The molecule has 2 aromatic rings. The minimum absolute atomic E-state index is 0.0772. The molecule has 4 N–H and O–H groups in total. The molecule has 0 saturated carbocycles. The van der Waals surface area contributed by atoms with E-state index in [2.05, 4.69) is 15.5 Å². The number of allylic oxidation sites excluding steroid dienone is 2. The fourth-order valence-electron chi connectivity index (χ4n) is 3.55. The van der Waals surface area contributed by atoms with Gasteiger partial charge in [-0.2, -0.15) is 0 Å². The van der Waals surface area contributed by atoms with Crippen LogP contribution in [0.1, 0.15) is 5.69 Å². The SMILES string of the molecule is CO/N=C(\C(=O)NC1C(=O)N2C(C(=O)O)=C(C=CC[n+]3ccccc3)CS[C@H]12)c1csc(N)n1. The Balaban J connectivity index is 1.49. The summed E-state index contributed by atoms with van der Waals surface area (Å²) >= 11 is 2.51. The molecule has 0 radical (unpaired) electrons. The van der Waals surface area contributed by atoms with E-state index in [0.717, 1.165) is 11.3 Å². The first-order chi connectivity index (χ1) is 16.4. The largest absolute Gasteiger partial charge is 0.477 e. The summed E-state index contributed by atoms with van der Waals surface area (Å²) in [5, 5.41) is 17.4. The van der Waals surface area contributed by atoms with Gasteiger partial charge in [0.2, 0.25) is 0 Å². The average molecular weight is 502 g/mol. The van der Waals surface area contributed by atoms with Crippen molar-refractivity contribution in [1.29, 1.82) is 0 Å². The first-order valence-electron chi connectivity index (χ1n) is 10.1. The molecular weight excluding hydrogens is 480 g/mol. The smallest absolute Gasteiger partial charge is 0.352 e. The lowest BCUT2D eigenvalue weighted by Crippen LogP contribution is -2.71. The van der Waals surface area contributed by atoms with E-state index in [9.17, 15) is 19.5 Å². The number of pyridine rings is 1. The third-order valence-electron chi connectivity index (χ3n) is 5.06. The molecule has 1 fully saturated rings. The molecule has 2 aliphatic heterocycles. The van der Waals surface area contributed by atoms with Gasteiger partial charge in [-0.05, 0) is 11.6 Å². The zero-order chi connectivity index (χ0) is 24.2. The quantitative estimate of drug-likeness (QED) is 0.203. The number of nitrogens with zero attached hydrogens (tertiary/aromatic N) is 4. The molecule has 4 heterocycles. The van der Waals surface area contributed by atoms with Crippen LogP contribution in [0.2, 0.25) is 0 Å². The molecule has 13 heteroatoms. The maximum absolute atomic E-state index is 12.9. The number of β-lactam (4-membered cyclic amide) rings is 1. The van der Waals surface area contributed by atoms with E-state index in [0.29, 0.717) is 17.9 Å². The number of carbonyl (C=O) groups excluding carboxylic acids is 2. The normalized spacial score (nSPS) is 20.2. The number of oxime groups is 1. The Hall–Kier alpha value is -3.71. The lowest BCUT2D eigenvalue weighted by Gasteiger charge is -2.49. The summed E-state index contributed by atoms with van der Waals surface area (Å²) in [6, 6.07) is 4.80. The van der Waals surface area contributed by atoms with Crippen molar-refractivity contribution in [3.63, 3.8) is 0 Å². The van der Waals surface area contributed by atoms with Gasteiger partial charge in [0.1, 0.15) is 29.9 Å². The topological polar surface area (TPSA) is 151 Å². The second kappa shape index (κ2) is 10.1. The van der Waals surface area contributed by atoms with Gasteiger partial charge in [-0.25, -0.2) is 14.3 Å². The maximum atomic E-state index is 12.9. The van der Waals surface area contributed by atoms with E-state index >= 15 is 0 Å². The minimum Gasteiger partial charge on any atom is -0.477 e. The lowest BCUT2D eigenvalue weighted by atomic mass is 10.0. The molecule has 2 amide bonds. The Labute approximate surface area is 202 Å². The van der Waals surface area contributed by atoms with Crippen LogP contribution in [-0.2, 0) is 25.8 Å². The Morgan fingerprint density at radius 1 is 1.41 bits per heavy atom. The molecule has 4 rings (SSSR count). The van der Waals surface area contributed by atoms with Crippen molar-refractivity contribution in [3.8, 4) is 0 Å². The van der Waals surface area contributed by atoms with Crippen LogP contribution in [0.5, 0.6) is 0 Å². The second-order valence-electron chi connectivity index (χ2n) is 7.21. The molecule has 2 aliphatic rings. The van der Waals surface area contributed by atoms with Crippen LogP contribution in [0, 0.1) is 0 Å². The summed E-state index contributed by atoms with van der Waals surface area (Å²) in [4.78, 5) is 47.7. The van der Waals surface area contributed by atoms with Crippen molar-refractivity contribution < 1.29 is 28.9 Å². The van der Waals surface area contributed by atoms with Crippen molar-refractivity contribution in [2.75, 3.05) is 18.6 Å². The number of carbonyl (C=O) groups is 3. The number of thiazole rings is 1. The molecule has 0 bridgehead atoms. The number of carboxylic acid groups (broad SMARTS) is 1. The number of anilines is 1. The van der Waals surface area contributed by atoms with Crippen LogP contribution in [0.4, 0.5) is 5.13 Å². The summed E-state index contributed by atoms with van der Waals surface area (Å²) in [6.07, 6.45) is 7.36. The number of nitrogens with one attached hydrogen (secondary N) is 1. The highest BCUT2D eigenvalue weighted by atomic mass is 32.2. The number of rotatable bonds is 8. The third kappa shape index (κ3) is 4.65. The van der Waals surface area contributed by atoms with Gasteiger partial charge in [-0.3, -0.25) is 14.5 Å². The molecule has 1 unspecified atom stereocenters. The number of hydrogen-bond donors (Lipinski definition) is 3. The van der Waals surface area contributed by atoms with Crippen LogP contribution in [0.25, 0.3) is 0 Å². The number of aromatic nitrogens is 2. The predicted molar refractivity (Wildman–Crippen MR) is 126 cm³/mol. The van der Waals surface area contributed by atoms with Gasteiger partial charge < -0.3 is 21.0 Å². The van der Waals surface area contributed by atoms with Crippen molar-refractivity contribution in [2.24, 2.45) is 5.16 Å². The van der Waals surface area contributed by atoms with Gasteiger partial charge in [0.15, 0.2) is 29.8 Å². The van der Waals surface area contributed by atoms with Gasteiger partial charge >= 0.3 is 5.97 Å². The van der Waals surface area contributed by atoms with Gasteiger partial charge in [-0.1, -0.05) is 17.3 Å². The van der Waals surface area contributed by atoms with Gasteiger partial charge in [0, 0.05) is 23.3 Å². The number of aliphatic carboxylic acids is 1. The van der Waals surface area contributed by atoms with E-state index in [1.807, 2.05) is 41.2 Å². The highest BCUT2D eigenvalue weighted by Crippen LogP contribution is 2.40. The molecule has 0 aromatic carbocycles. The minimum atomic E-state index is -1.20. The molecule has 176 valence electrons. The summed E-state index contributed by atoms with van der Waals surface area (Å²) in [5.41, 5.74) is 6.18. The molecular formula is C21H21N6O5S2+. The van der Waals surface area contributed by atoms with E-state index in [1.54, 1.807) is 11.5 Å². The number of carboxylic acids is 1. The monoisotopic (exact) mass is 501 g/mol. The number of nitrogen functional groups attached to an aromatic ring is 1. The summed E-state index contributed by atoms with van der Waals surface area (Å²) in [6.45, 7) is 0.556. The molecule has 0 spiro atoms. The molecule has 2 atom stereocenters. The Bertz CT molecular complexity index is 1210. The van der Waals surface area contributed by atoms with Crippen LogP contribution in [0.15, 0.2) is 64.6 Å². The molecule has 0 aliphatic carbocycles. The third-order valence-corrected chi connectivity index (χ3v) is 7.04. The highest BCUT2D eigenvalue weighted by molar-refractivity contribution is 8.00. The van der Waals surface area contributed by atoms with Crippen molar-refractivity contribution in [2.45, 2.75) is 18.0 Å². The molecule has 1 saturated heterocycles. The van der Waals surface area contributed by atoms with E-state index in [1.165, 1.54) is 23.8 Å². The predicted octanol–water partition coefficient (Wildman–Crippen LogP) is 0.358. The first kappa shape index (κ1) is 23.4. The number of fused-ring (bicyclic) bond motifs is 1. The first-order valence-corrected chi connectivity index (χ1v) is 12.0. The van der Waals surface area contributed by atoms with Gasteiger partial charge in [-0.15, -0.1) is 23.1 Å². The summed E-state index contributed by atoms with van der Waals surface area (Å²) in [5.74, 6) is -2.01. The van der Waals surface area contributed by atoms with Crippen molar-refractivity contribution in [3.05, 3.63) is 65.1 Å². The fraction of sp³-hybridized carbons (Fsp3) is 0.238. The zero-order valence-corrected chi connectivity index (χ0v) is 19.6. The van der Waals surface area contributed by atoms with Crippen molar-refractivity contribution in [1.82, 2.24) is 15.2 Å². The second-order valence-corrected chi connectivity index (χ2v) is 9.20. The number of nitrogens with two attached hydrogens (primary N) is 1. The lowest BCUT2D eigenvalue weighted by molar-refractivity contribution is -0.687. The number of thioether (sulfide) groups is 1. The van der Waals surface area contributed by atoms with E-state index in [4.69, 9.17) is 10.6 Å². The van der Waals surface area contributed by atoms with Crippen LogP contribution >= 0.6 is 23.1 Å². The zero-order valence-electron chi connectivity index (χ0n) is 18.0. The van der Waals surface area contributed by atoms with Crippen LogP contribution < -0.4 is 15.6 Å². The average Bonchev–Trinajstić information content (AvgIpc) is 3.26. The Morgan fingerprint density at radius 2 is 2.18 bits per heavy atom. The Kier molecular flexibility index (Phi) is 6.93. The molecule has 11 nitrogen and oxygen atoms in total. The van der Waals surface area contributed by atoms with Gasteiger partial charge in [0.05, 0.1) is 0 Å². The highest BCUT2D eigenvalue weighted by Gasteiger charge is 2.54. The molecule has 34 heavy (non-hydrogen) atoms. The van der Waals surface area contributed by atoms with Crippen molar-refractivity contribution >= 4 is 51.7 Å². The van der Waals surface area contributed by atoms with Crippen LogP contribution in [0.3, 0.4) is 0 Å². The maximum Gasteiger partial charge on any atom is 0.352 e. The van der Waals surface area contributed by atoms with Crippen LogP contribution in [-0.4, -0.2) is 62.8 Å². The summed E-state index contributed by atoms with van der Waals surface area (Å²) in [7, 11) is 1.28. The van der Waals surface area contributed by atoms with E-state index < -0.39 is 29.2 Å². The van der Waals surface area contributed by atoms with E-state index in [-0.39, 0.29) is 22.2 Å². The number of amides is 2. The molecule has 2 aromatic heterocycles. The standard InChI is InChI=1S/C21H20N6O5S2/c1-32-25-14(13-11-34-21(22)23-13)17(28)24-15-18(29)27-16(20(30)31)12(10-33-19(15)27)6-5-9-26-7-3-2-4-8-26/h2-8,11,15,19H,9-10H2,1H3,(H3-,22,23,24,28,30,31)/p+1/b6-5?,25-14-/t15?,19-/m1/s1. The van der Waals surface area contributed by atoms with Gasteiger partial charge in [0.25, 0.3) is 11.8 Å². The fourth-order valence-corrected chi connectivity index (χ4v) is 5.41.